The van der Waals surface area contributed by atoms with Crippen molar-refractivity contribution in [2.75, 3.05) is 0 Å². The predicted octanol–water partition coefficient (Wildman–Crippen LogP) is 3.73. The zero-order chi connectivity index (χ0) is 13.5. The van der Waals surface area contributed by atoms with Crippen LogP contribution in [-0.4, -0.2) is 22.4 Å². The molecule has 0 aromatic carbocycles. The second-order valence-corrected chi connectivity index (χ2v) is 7.51. The smallest absolute Gasteiger partial charge is 0.265 e. The van der Waals surface area contributed by atoms with E-state index in [0.717, 1.165) is 22.2 Å². The van der Waals surface area contributed by atoms with Crippen molar-refractivity contribution >= 4 is 33.2 Å². The summed E-state index contributed by atoms with van der Waals surface area (Å²) < 4.78 is 0.983. The Kier molecular flexibility index (Phi) is 3.52. The van der Waals surface area contributed by atoms with Gasteiger partial charge in [0.1, 0.15) is 5.54 Å². The summed E-state index contributed by atoms with van der Waals surface area (Å²) in [6.07, 6.45) is 2.00. The van der Waals surface area contributed by atoms with Crippen LogP contribution in [0.15, 0.2) is 9.85 Å². The summed E-state index contributed by atoms with van der Waals surface area (Å²) in [6, 6.07) is 4.35. The molecule has 0 N–H and O–H groups in total. The minimum Gasteiger partial charge on any atom is -0.317 e. The van der Waals surface area contributed by atoms with Gasteiger partial charge in [0.25, 0.3) is 5.91 Å². The van der Waals surface area contributed by atoms with Gasteiger partial charge in [-0.1, -0.05) is 0 Å². The van der Waals surface area contributed by atoms with Crippen LogP contribution >= 0.6 is 27.3 Å². The second kappa shape index (κ2) is 4.67. The summed E-state index contributed by atoms with van der Waals surface area (Å²) in [7, 11) is 0. The highest BCUT2D eigenvalue weighted by atomic mass is 79.9. The summed E-state index contributed by atoms with van der Waals surface area (Å²) in [5.41, 5.74) is 0.316. The number of nitriles is 1. The van der Waals surface area contributed by atoms with E-state index in [9.17, 15) is 10.1 Å². The van der Waals surface area contributed by atoms with Gasteiger partial charge in [0.15, 0.2) is 0 Å². The number of halogens is 1. The van der Waals surface area contributed by atoms with Crippen LogP contribution < -0.4 is 0 Å². The first-order valence-corrected chi connectivity index (χ1v) is 7.48. The second-order valence-electron chi connectivity index (χ2n) is 5.14. The molecule has 0 atom stereocenters. The van der Waals surface area contributed by atoms with Gasteiger partial charge in [0, 0.05) is 6.04 Å². The SMILES string of the molecule is Cc1cc(C(=O)N(C2CC2)C(C)(C)C#N)sc1Br. The fourth-order valence-corrected chi connectivity index (χ4v) is 3.42. The monoisotopic (exact) mass is 326 g/mol. The highest BCUT2D eigenvalue weighted by molar-refractivity contribution is 9.11. The lowest BCUT2D eigenvalue weighted by Crippen LogP contribution is -2.48. The van der Waals surface area contributed by atoms with Crippen molar-refractivity contribution in [1.82, 2.24) is 4.90 Å². The summed E-state index contributed by atoms with van der Waals surface area (Å²) in [5.74, 6) is -0.0251. The maximum Gasteiger partial charge on any atom is 0.265 e. The molecule has 1 aliphatic carbocycles. The Hall–Kier alpha value is -0.860. The number of hydrogen-bond donors (Lipinski definition) is 0. The molecule has 1 aliphatic rings. The van der Waals surface area contributed by atoms with E-state index in [0.29, 0.717) is 4.88 Å². The number of thiophene rings is 1. The molecule has 1 saturated carbocycles. The molecule has 0 spiro atoms. The lowest BCUT2D eigenvalue weighted by atomic mass is 10.0. The average Bonchev–Trinajstić information content (AvgIpc) is 3.06. The summed E-state index contributed by atoms with van der Waals surface area (Å²) in [4.78, 5) is 15.0. The quantitative estimate of drug-likeness (QED) is 0.849. The molecule has 96 valence electrons. The van der Waals surface area contributed by atoms with Gasteiger partial charge in [-0.3, -0.25) is 4.79 Å². The fourth-order valence-electron chi connectivity index (χ4n) is 1.95. The Morgan fingerprint density at radius 1 is 1.61 bits per heavy atom. The lowest BCUT2D eigenvalue weighted by Gasteiger charge is -2.33. The molecular formula is C13H15BrN2OS. The third-order valence-corrected chi connectivity index (χ3v) is 5.20. The summed E-state index contributed by atoms with van der Waals surface area (Å²) >= 11 is 4.88. The van der Waals surface area contributed by atoms with Gasteiger partial charge in [0.05, 0.1) is 14.7 Å². The van der Waals surface area contributed by atoms with Crippen molar-refractivity contribution in [3.63, 3.8) is 0 Å². The number of nitrogens with zero attached hydrogens (tertiary/aromatic N) is 2. The van der Waals surface area contributed by atoms with Gasteiger partial charge < -0.3 is 4.90 Å². The molecule has 3 nitrogen and oxygen atoms in total. The molecular weight excluding hydrogens is 312 g/mol. The van der Waals surface area contributed by atoms with Crippen LogP contribution in [0.5, 0.6) is 0 Å². The number of aryl methyl sites for hydroxylation is 1. The van der Waals surface area contributed by atoms with Crippen molar-refractivity contribution in [2.24, 2.45) is 0 Å². The standard InChI is InChI=1S/C13H15BrN2OS/c1-8-6-10(18-11(8)14)12(17)16(9-4-5-9)13(2,3)7-15/h6,9H,4-5H2,1-3H3. The fraction of sp³-hybridized carbons (Fsp3) is 0.538. The first-order chi connectivity index (χ1) is 8.36. The molecule has 18 heavy (non-hydrogen) atoms. The van der Waals surface area contributed by atoms with E-state index in [2.05, 4.69) is 22.0 Å². The molecule has 1 aromatic rings. The third-order valence-electron chi connectivity index (χ3n) is 3.07. The Balaban J connectivity index is 2.33. The predicted molar refractivity (Wildman–Crippen MR) is 75.6 cm³/mol. The van der Waals surface area contributed by atoms with Crippen LogP contribution in [0.1, 0.15) is 41.9 Å². The number of carbonyl (C=O) groups excluding carboxylic acids is 1. The minimum atomic E-state index is -0.747. The van der Waals surface area contributed by atoms with E-state index in [4.69, 9.17) is 0 Å². The van der Waals surface area contributed by atoms with Gasteiger partial charge in [-0.05, 0) is 61.2 Å². The Bertz CT molecular complexity index is 506. The van der Waals surface area contributed by atoms with Crippen molar-refractivity contribution in [1.29, 1.82) is 5.26 Å². The van der Waals surface area contributed by atoms with Crippen molar-refractivity contribution in [2.45, 2.75) is 45.2 Å². The molecule has 0 bridgehead atoms. The van der Waals surface area contributed by atoms with E-state index in [1.807, 2.05) is 13.0 Å². The van der Waals surface area contributed by atoms with Gasteiger partial charge in [-0.2, -0.15) is 5.26 Å². The molecule has 0 aliphatic heterocycles. The van der Waals surface area contributed by atoms with Gasteiger partial charge in [-0.25, -0.2) is 0 Å². The maximum atomic E-state index is 12.6. The van der Waals surface area contributed by atoms with Gasteiger partial charge in [0.2, 0.25) is 0 Å². The number of carbonyl (C=O) groups is 1. The highest BCUT2D eigenvalue weighted by Crippen LogP contribution is 2.36. The molecule has 5 heteroatoms. The number of hydrogen-bond acceptors (Lipinski definition) is 3. The normalized spacial score (nSPS) is 15.3. The molecule has 1 amide bonds. The van der Waals surface area contributed by atoms with E-state index < -0.39 is 5.54 Å². The van der Waals surface area contributed by atoms with Gasteiger partial charge >= 0.3 is 0 Å². The number of amides is 1. The summed E-state index contributed by atoms with van der Waals surface area (Å²) in [5, 5.41) is 9.25. The first-order valence-electron chi connectivity index (χ1n) is 5.87. The van der Waals surface area contributed by atoms with E-state index in [-0.39, 0.29) is 11.9 Å². The van der Waals surface area contributed by atoms with E-state index in [1.165, 1.54) is 11.3 Å². The Morgan fingerprint density at radius 2 is 2.22 bits per heavy atom. The molecule has 1 aromatic heterocycles. The molecule has 1 fully saturated rings. The van der Waals surface area contributed by atoms with E-state index >= 15 is 0 Å². The van der Waals surface area contributed by atoms with Gasteiger partial charge in [-0.15, -0.1) is 11.3 Å². The van der Waals surface area contributed by atoms with Crippen molar-refractivity contribution in [3.8, 4) is 6.07 Å². The summed E-state index contributed by atoms with van der Waals surface area (Å²) in [6.45, 7) is 5.58. The zero-order valence-electron chi connectivity index (χ0n) is 10.7. The highest BCUT2D eigenvalue weighted by Gasteiger charge is 2.42. The van der Waals surface area contributed by atoms with E-state index in [1.54, 1.807) is 18.7 Å². The molecule has 2 rings (SSSR count). The van der Waals surface area contributed by atoms with Crippen molar-refractivity contribution < 1.29 is 4.79 Å². The van der Waals surface area contributed by atoms with Crippen LogP contribution in [-0.2, 0) is 0 Å². The number of rotatable bonds is 3. The largest absolute Gasteiger partial charge is 0.317 e. The molecule has 0 saturated heterocycles. The lowest BCUT2D eigenvalue weighted by molar-refractivity contribution is 0.0620. The van der Waals surface area contributed by atoms with Crippen LogP contribution in [0.2, 0.25) is 0 Å². The Labute approximate surface area is 120 Å². The first kappa shape index (κ1) is 13.6. The molecule has 0 radical (unpaired) electrons. The Morgan fingerprint density at radius 3 is 2.61 bits per heavy atom. The van der Waals surface area contributed by atoms with Crippen LogP contribution in [0, 0.1) is 18.3 Å². The zero-order valence-corrected chi connectivity index (χ0v) is 13.1. The van der Waals surface area contributed by atoms with Crippen LogP contribution in [0.4, 0.5) is 0 Å². The molecule has 1 heterocycles. The van der Waals surface area contributed by atoms with Crippen LogP contribution in [0.25, 0.3) is 0 Å². The topological polar surface area (TPSA) is 44.1 Å². The van der Waals surface area contributed by atoms with Crippen LogP contribution in [0.3, 0.4) is 0 Å². The molecule has 0 unspecified atom stereocenters. The minimum absolute atomic E-state index is 0.0251. The average molecular weight is 327 g/mol. The maximum absolute atomic E-state index is 12.6. The van der Waals surface area contributed by atoms with Crippen molar-refractivity contribution in [3.05, 3.63) is 20.3 Å². The third kappa shape index (κ3) is 2.45.